The lowest BCUT2D eigenvalue weighted by molar-refractivity contribution is 0.102. The van der Waals surface area contributed by atoms with Crippen LogP contribution in [-0.4, -0.2) is 30.8 Å². The van der Waals surface area contributed by atoms with Crippen LogP contribution in [0.1, 0.15) is 10.5 Å². The molecule has 0 atom stereocenters. The molecule has 3 aromatic heterocycles. The van der Waals surface area contributed by atoms with Gasteiger partial charge in [-0.3, -0.25) is 10.1 Å². The van der Waals surface area contributed by atoms with E-state index in [9.17, 15) is 4.79 Å². The molecule has 0 saturated carbocycles. The summed E-state index contributed by atoms with van der Waals surface area (Å²) in [6, 6.07) is 2.94. The second kappa shape index (κ2) is 5.44. The van der Waals surface area contributed by atoms with E-state index in [-0.39, 0.29) is 27.0 Å². The summed E-state index contributed by atoms with van der Waals surface area (Å²) in [6.45, 7) is 0. The fourth-order valence-electron chi connectivity index (χ4n) is 1.59. The lowest BCUT2D eigenvalue weighted by Crippen LogP contribution is -2.16. The van der Waals surface area contributed by atoms with Crippen molar-refractivity contribution in [2.75, 3.05) is 5.32 Å². The first-order valence-corrected chi connectivity index (χ1v) is 6.68. The van der Waals surface area contributed by atoms with Crippen LogP contribution in [0.15, 0.2) is 18.5 Å². The van der Waals surface area contributed by atoms with Gasteiger partial charge >= 0.3 is 0 Å². The van der Waals surface area contributed by atoms with Crippen LogP contribution in [0.4, 0.5) is 5.95 Å². The van der Waals surface area contributed by atoms with E-state index in [0.29, 0.717) is 11.2 Å². The molecule has 106 valence electrons. The van der Waals surface area contributed by atoms with Gasteiger partial charge < -0.3 is 4.98 Å². The predicted molar refractivity (Wildman–Crippen MR) is 78.9 cm³/mol. The third-order valence-corrected chi connectivity index (χ3v) is 3.28. The van der Waals surface area contributed by atoms with Crippen LogP contribution in [-0.2, 0) is 0 Å². The Hall–Kier alpha value is -1.96. The summed E-state index contributed by atoms with van der Waals surface area (Å²) in [4.78, 5) is 30.7. The summed E-state index contributed by atoms with van der Waals surface area (Å²) in [7, 11) is 0. The Morgan fingerprint density at radius 2 is 1.95 bits per heavy atom. The molecule has 0 aliphatic carbocycles. The molecule has 3 aromatic rings. The maximum Gasteiger partial charge on any atom is 0.278 e. The Morgan fingerprint density at radius 3 is 2.76 bits per heavy atom. The van der Waals surface area contributed by atoms with Crippen molar-refractivity contribution >= 4 is 57.8 Å². The largest absolute Gasteiger partial charge is 0.341 e. The number of fused-ring (bicyclic) bond motifs is 1. The predicted octanol–water partition coefficient (Wildman–Crippen LogP) is 2.96. The fraction of sp³-hybridized carbons (Fsp3) is 0. The zero-order valence-corrected chi connectivity index (χ0v) is 12.3. The number of aromatic nitrogens is 5. The molecule has 7 nitrogen and oxygen atoms in total. The number of carbonyl (C=O) groups is 1. The van der Waals surface area contributed by atoms with Crippen LogP contribution < -0.4 is 5.32 Å². The number of carbonyl (C=O) groups excluding carboxylic acids is 1. The van der Waals surface area contributed by atoms with Crippen molar-refractivity contribution in [1.29, 1.82) is 0 Å². The number of aromatic amines is 1. The summed E-state index contributed by atoms with van der Waals surface area (Å²) in [6.07, 6.45) is 1.42. The normalized spacial score (nSPS) is 10.8. The Kier molecular flexibility index (Phi) is 3.62. The number of nitrogens with zero attached hydrogens (tertiary/aromatic N) is 4. The van der Waals surface area contributed by atoms with Crippen LogP contribution in [0, 0.1) is 0 Å². The SMILES string of the molecule is O=C(Nc1nc(Cl)c2[nH]cnc2n1)c1nc(Cl)ccc1Cl. The van der Waals surface area contributed by atoms with Crippen LogP contribution in [0.25, 0.3) is 11.2 Å². The average Bonchev–Trinajstić information content (AvgIpc) is 2.90. The van der Waals surface area contributed by atoms with E-state index >= 15 is 0 Å². The van der Waals surface area contributed by atoms with Crippen molar-refractivity contribution in [2.45, 2.75) is 0 Å². The molecule has 0 aromatic carbocycles. The van der Waals surface area contributed by atoms with E-state index in [1.807, 2.05) is 0 Å². The number of anilines is 1. The second-order valence-corrected chi connectivity index (χ2v) is 5.01. The number of halogens is 3. The Balaban J connectivity index is 1.94. The zero-order chi connectivity index (χ0) is 15.0. The van der Waals surface area contributed by atoms with E-state index < -0.39 is 5.91 Å². The quantitative estimate of drug-likeness (QED) is 0.551. The molecule has 0 aliphatic heterocycles. The minimum atomic E-state index is -0.603. The standard InChI is InChI=1S/C11H5Cl3N6O/c12-4-1-2-5(13)17-6(4)10(21)20-11-18-8(14)7-9(19-11)16-3-15-7/h1-3H,(H2,15,16,18,19,20,21). The number of amides is 1. The Bertz CT molecular complexity index is 849. The first-order chi connectivity index (χ1) is 10.0. The molecule has 0 radical (unpaired) electrons. The number of hydrogen-bond donors (Lipinski definition) is 2. The number of nitrogens with one attached hydrogen (secondary N) is 2. The third-order valence-electron chi connectivity index (χ3n) is 2.49. The summed E-state index contributed by atoms with van der Waals surface area (Å²) >= 11 is 17.6. The average molecular weight is 344 g/mol. The maximum atomic E-state index is 12.1. The number of rotatable bonds is 2. The molecule has 0 saturated heterocycles. The minimum absolute atomic E-state index is 0.0116. The number of imidazole rings is 1. The molecule has 21 heavy (non-hydrogen) atoms. The van der Waals surface area contributed by atoms with Crippen molar-refractivity contribution in [3.63, 3.8) is 0 Å². The molecular weight excluding hydrogens is 339 g/mol. The van der Waals surface area contributed by atoms with Gasteiger partial charge in [0.2, 0.25) is 5.95 Å². The monoisotopic (exact) mass is 342 g/mol. The van der Waals surface area contributed by atoms with Crippen LogP contribution in [0.3, 0.4) is 0 Å². The van der Waals surface area contributed by atoms with Gasteiger partial charge in [0.15, 0.2) is 10.8 Å². The molecule has 3 heterocycles. The van der Waals surface area contributed by atoms with Gasteiger partial charge in [0.05, 0.1) is 11.3 Å². The topological polar surface area (TPSA) is 96.5 Å². The van der Waals surface area contributed by atoms with Gasteiger partial charge in [-0.2, -0.15) is 9.97 Å². The fourth-order valence-corrected chi connectivity index (χ4v) is 2.15. The van der Waals surface area contributed by atoms with Gasteiger partial charge in [0.1, 0.15) is 16.4 Å². The zero-order valence-electron chi connectivity index (χ0n) is 10.1. The molecule has 0 aliphatic rings. The van der Waals surface area contributed by atoms with Gasteiger partial charge in [-0.15, -0.1) is 0 Å². The third kappa shape index (κ3) is 2.76. The highest BCUT2D eigenvalue weighted by atomic mass is 35.5. The molecule has 10 heteroatoms. The molecule has 1 amide bonds. The Morgan fingerprint density at radius 1 is 1.14 bits per heavy atom. The highest BCUT2D eigenvalue weighted by molar-refractivity contribution is 6.35. The Labute approximate surface area is 132 Å². The van der Waals surface area contributed by atoms with Crippen LogP contribution >= 0.6 is 34.8 Å². The van der Waals surface area contributed by atoms with Gasteiger partial charge in [0.25, 0.3) is 5.91 Å². The molecule has 0 fully saturated rings. The number of hydrogen-bond acceptors (Lipinski definition) is 5. The summed E-state index contributed by atoms with van der Waals surface area (Å²) in [5, 5.41) is 2.88. The van der Waals surface area contributed by atoms with E-state index in [0.717, 1.165) is 0 Å². The van der Waals surface area contributed by atoms with Crippen molar-refractivity contribution in [3.05, 3.63) is 39.5 Å². The minimum Gasteiger partial charge on any atom is -0.341 e. The molecule has 0 bridgehead atoms. The summed E-state index contributed by atoms with van der Waals surface area (Å²) < 4.78 is 0. The van der Waals surface area contributed by atoms with Crippen molar-refractivity contribution in [1.82, 2.24) is 24.9 Å². The first-order valence-electron chi connectivity index (χ1n) is 5.54. The highest BCUT2D eigenvalue weighted by Gasteiger charge is 2.16. The van der Waals surface area contributed by atoms with E-state index in [1.54, 1.807) is 0 Å². The lowest BCUT2D eigenvalue weighted by Gasteiger charge is -2.05. The molecule has 2 N–H and O–H groups in total. The first kappa shape index (κ1) is 14.0. The van der Waals surface area contributed by atoms with Gasteiger partial charge in [-0.05, 0) is 12.1 Å². The summed E-state index contributed by atoms with van der Waals surface area (Å²) in [5.74, 6) is -0.615. The van der Waals surface area contributed by atoms with Crippen LogP contribution in [0.5, 0.6) is 0 Å². The molecule has 3 rings (SSSR count). The molecule has 0 spiro atoms. The molecule has 0 unspecified atom stereocenters. The van der Waals surface area contributed by atoms with Gasteiger partial charge in [-0.25, -0.2) is 9.97 Å². The van der Waals surface area contributed by atoms with E-state index in [2.05, 4.69) is 30.2 Å². The van der Waals surface area contributed by atoms with Crippen molar-refractivity contribution in [3.8, 4) is 0 Å². The van der Waals surface area contributed by atoms with Crippen LogP contribution in [0.2, 0.25) is 15.3 Å². The van der Waals surface area contributed by atoms with Gasteiger partial charge in [0, 0.05) is 0 Å². The lowest BCUT2D eigenvalue weighted by atomic mass is 10.3. The van der Waals surface area contributed by atoms with Crippen molar-refractivity contribution < 1.29 is 4.79 Å². The smallest absolute Gasteiger partial charge is 0.278 e. The maximum absolute atomic E-state index is 12.1. The summed E-state index contributed by atoms with van der Waals surface area (Å²) in [5.41, 5.74) is 0.773. The van der Waals surface area contributed by atoms with Crippen molar-refractivity contribution in [2.24, 2.45) is 0 Å². The molecular formula is C11H5Cl3N6O. The number of H-pyrrole nitrogens is 1. The highest BCUT2D eigenvalue weighted by Crippen LogP contribution is 2.20. The second-order valence-electron chi connectivity index (χ2n) is 3.86. The van der Waals surface area contributed by atoms with E-state index in [4.69, 9.17) is 34.8 Å². The number of pyridine rings is 1. The van der Waals surface area contributed by atoms with E-state index in [1.165, 1.54) is 18.5 Å². The van der Waals surface area contributed by atoms with Gasteiger partial charge in [-0.1, -0.05) is 34.8 Å².